The van der Waals surface area contributed by atoms with Crippen molar-refractivity contribution in [1.29, 1.82) is 0 Å². The zero-order valence-electron chi connectivity index (χ0n) is 13.7. The molecule has 0 fully saturated rings. The number of aromatic hydroxyl groups is 1. The summed E-state index contributed by atoms with van der Waals surface area (Å²) in [4.78, 5) is 23.7. The van der Waals surface area contributed by atoms with Crippen LogP contribution in [0.15, 0.2) is 48.5 Å². The summed E-state index contributed by atoms with van der Waals surface area (Å²) in [6.45, 7) is 2.24. The van der Waals surface area contributed by atoms with Crippen LogP contribution in [0.3, 0.4) is 0 Å². The van der Waals surface area contributed by atoms with Crippen LogP contribution >= 0.6 is 0 Å². The molecule has 2 aromatic rings. The van der Waals surface area contributed by atoms with Crippen molar-refractivity contribution in [3.8, 4) is 5.75 Å². The maximum atomic E-state index is 11.9. The van der Waals surface area contributed by atoms with Gasteiger partial charge in [0.15, 0.2) is 0 Å². The van der Waals surface area contributed by atoms with Gasteiger partial charge in [-0.25, -0.2) is 0 Å². The lowest BCUT2D eigenvalue weighted by atomic mass is 10.1. The van der Waals surface area contributed by atoms with Crippen molar-refractivity contribution in [2.75, 3.05) is 11.9 Å². The molecule has 2 rings (SSSR count). The van der Waals surface area contributed by atoms with Crippen LogP contribution in [0, 0.1) is 6.92 Å². The van der Waals surface area contributed by atoms with Gasteiger partial charge in [0, 0.05) is 25.1 Å². The van der Waals surface area contributed by atoms with Crippen LogP contribution in [0.25, 0.3) is 0 Å². The van der Waals surface area contributed by atoms with Crippen molar-refractivity contribution in [2.24, 2.45) is 0 Å². The molecular weight excluding hydrogens is 304 g/mol. The van der Waals surface area contributed by atoms with Crippen molar-refractivity contribution < 1.29 is 14.7 Å². The van der Waals surface area contributed by atoms with Gasteiger partial charge >= 0.3 is 0 Å². The molecule has 0 bridgehead atoms. The van der Waals surface area contributed by atoms with E-state index in [1.165, 1.54) is 0 Å². The normalized spacial score (nSPS) is 10.2. The lowest BCUT2D eigenvalue weighted by molar-refractivity contribution is -0.121. The number of para-hydroxylation sites is 1. The van der Waals surface area contributed by atoms with Gasteiger partial charge in [-0.05, 0) is 42.7 Å². The molecule has 0 aromatic heterocycles. The second kappa shape index (κ2) is 8.72. The highest BCUT2D eigenvalue weighted by Gasteiger charge is 2.06. The molecule has 0 atom stereocenters. The van der Waals surface area contributed by atoms with E-state index in [9.17, 15) is 14.7 Å². The molecule has 2 aromatic carbocycles. The van der Waals surface area contributed by atoms with Crippen LogP contribution in [0.4, 0.5) is 5.69 Å². The van der Waals surface area contributed by atoms with Gasteiger partial charge in [-0.1, -0.05) is 30.3 Å². The quantitative estimate of drug-likeness (QED) is 0.732. The van der Waals surface area contributed by atoms with E-state index < -0.39 is 0 Å². The molecule has 5 heteroatoms. The maximum Gasteiger partial charge on any atom is 0.226 e. The highest BCUT2D eigenvalue weighted by molar-refractivity contribution is 5.91. The Bertz CT molecular complexity index is 696. The van der Waals surface area contributed by atoms with Gasteiger partial charge in [-0.15, -0.1) is 0 Å². The van der Waals surface area contributed by atoms with E-state index >= 15 is 0 Å². The molecule has 0 aliphatic heterocycles. The average molecular weight is 326 g/mol. The van der Waals surface area contributed by atoms with Crippen molar-refractivity contribution in [2.45, 2.75) is 26.2 Å². The number of hydrogen-bond donors (Lipinski definition) is 3. The van der Waals surface area contributed by atoms with E-state index in [2.05, 4.69) is 10.6 Å². The van der Waals surface area contributed by atoms with E-state index in [4.69, 9.17) is 0 Å². The molecule has 0 radical (unpaired) electrons. The smallest absolute Gasteiger partial charge is 0.226 e. The molecule has 0 spiro atoms. The first-order chi connectivity index (χ1) is 11.5. The van der Waals surface area contributed by atoms with Crippen LogP contribution in [-0.2, 0) is 16.0 Å². The summed E-state index contributed by atoms with van der Waals surface area (Å²) in [5.41, 5.74) is 2.78. The van der Waals surface area contributed by atoms with Crippen LogP contribution in [-0.4, -0.2) is 23.5 Å². The lowest BCUT2D eigenvalue weighted by Gasteiger charge is -2.09. The molecule has 0 aliphatic rings. The number of aryl methyl sites for hydroxylation is 2. The molecule has 2 amide bonds. The van der Waals surface area contributed by atoms with Gasteiger partial charge in [0.25, 0.3) is 0 Å². The molecule has 0 saturated carbocycles. The number of amides is 2. The molecule has 24 heavy (non-hydrogen) atoms. The molecule has 0 unspecified atom stereocenters. The Morgan fingerprint density at radius 3 is 2.38 bits per heavy atom. The first-order valence-corrected chi connectivity index (χ1v) is 7.94. The summed E-state index contributed by atoms with van der Waals surface area (Å²) in [7, 11) is 0. The molecule has 126 valence electrons. The van der Waals surface area contributed by atoms with Crippen molar-refractivity contribution in [3.05, 3.63) is 59.7 Å². The number of hydrogen-bond acceptors (Lipinski definition) is 3. The molecular formula is C19H22N2O3. The third-order valence-electron chi connectivity index (χ3n) is 3.67. The highest BCUT2D eigenvalue weighted by atomic mass is 16.3. The Kier molecular flexibility index (Phi) is 6.37. The number of nitrogens with one attached hydrogen (secondary N) is 2. The molecule has 5 nitrogen and oxygen atoms in total. The number of phenolic OH excluding ortho intramolecular Hbond substituents is 1. The van der Waals surface area contributed by atoms with Gasteiger partial charge in [0.05, 0.1) is 0 Å². The van der Waals surface area contributed by atoms with Gasteiger partial charge in [0.1, 0.15) is 5.75 Å². The predicted octanol–water partition coefficient (Wildman–Crippen LogP) is 2.78. The molecule has 0 aliphatic carbocycles. The van der Waals surface area contributed by atoms with Gasteiger partial charge in [-0.2, -0.15) is 0 Å². The third kappa shape index (κ3) is 5.76. The maximum absolute atomic E-state index is 11.9. The number of carbonyl (C=O) groups excluding carboxylic acids is 2. The predicted molar refractivity (Wildman–Crippen MR) is 93.9 cm³/mol. The first-order valence-electron chi connectivity index (χ1n) is 7.94. The molecule has 0 heterocycles. The fraction of sp³-hybridized carbons (Fsp3) is 0.263. The number of benzene rings is 2. The Balaban J connectivity index is 1.66. The van der Waals surface area contributed by atoms with E-state index in [1.54, 1.807) is 24.3 Å². The first kappa shape index (κ1) is 17.5. The van der Waals surface area contributed by atoms with Crippen molar-refractivity contribution in [1.82, 2.24) is 5.32 Å². The second-order valence-corrected chi connectivity index (χ2v) is 5.63. The van der Waals surface area contributed by atoms with Crippen molar-refractivity contribution in [3.63, 3.8) is 0 Å². The standard InChI is InChI=1S/C19H22N2O3/c1-14-4-2-3-5-17(14)21-19(24)12-13-20-18(23)11-8-15-6-9-16(22)10-7-15/h2-7,9-10,22H,8,11-13H2,1H3,(H,20,23)(H,21,24). The monoisotopic (exact) mass is 326 g/mol. The number of phenols is 1. The Morgan fingerprint density at radius 1 is 0.958 bits per heavy atom. The zero-order valence-corrected chi connectivity index (χ0v) is 13.7. The Morgan fingerprint density at radius 2 is 1.67 bits per heavy atom. The van der Waals surface area contributed by atoms with E-state index in [-0.39, 0.29) is 24.0 Å². The van der Waals surface area contributed by atoms with Crippen LogP contribution in [0.2, 0.25) is 0 Å². The van der Waals surface area contributed by atoms with Gasteiger partial charge < -0.3 is 15.7 Å². The van der Waals surface area contributed by atoms with Gasteiger partial charge in [0.2, 0.25) is 11.8 Å². The summed E-state index contributed by atoms with van der Waals surface area (Å²) in [6.07, 6.45) is 1.19. The number of carbonyl (C=O) groups is 2. The third-order valence-corrected chi connectivity index (χ3v) is 3.67. The minimum atomic E-state index is -0.122. The largest absolute Gasteiger partial charge is 0.508 e. The summed E-state index contributed by atoms with van der Waals surface area (Å²) in [5.74, 6) is -0.00207. The highest BCUT2D eigenvalue weighted by Crippen LogP contribution is 2.13. The number of rotatable bonds is 7. The second-order valence-electron chi connectivity index (χ2n) is 5.63. The number of anilines is 1. The van der Waals surface area contributed by atoms with Crippen LogP contribution in [0.1, 0.15) is 24.0 Å². The molecule has 3 N–H and O–H groups in total. The minimum Gasteiger partial charge on any atom is -0.508 e. The van der Waals surface area contributed by atoms with Crippen LogP contribution in [0.5, 0.6) is 5.75 Å². The summed E-state index contributed by atoms with van der Waals surface area (Å²) < 4.78 is 0. The van der Waals surface area contributed by atoms with Gasteiger partial charge in [-0.3, -0.25) is 9.59 Å². The fourth-order valence-corrected chi connectivity index (χ4v) is 2.25. The lowest BCUT2D eigenvalue weighted by Crippen LogP contribution is -2.27. The zero-order chi connectivity index (χ0) is 17.4. The summed E-state index contributed by atoms with van der Waals surface area (Å²) in [6, 6.07) is 14.3. The van der Waals surface area contributed by atoms with E-state index in [0.29, 0.717) is 19.4 Å². The summed E-state index contributed by atoms with van der Waals surface area (Å²) >= 11 is 0. The van der Waals surface area contributed by atoms with E-state index in [0.717, 1.165) is 16.8 Å². The van der Waals surface area contributed by atoms with Crippen molar-refractivity contribution >= 4 is 17.5 Å². The molecule has 0 saturated heterocycles. The fourth-order valence-electron chi connectivity index (χ4n) is 2.25. The average Bonchev–Trinajstić information content (AvgIpc) is 2.56. The Labute approximate surface area is 141 Å². The summed E-state index contributed by atoms with van der Waals surface area (Å²) in [5, 5.41) is 14.8. The minimum absolute atomic E-state index is 0.0910. The SMILES string of the molecule is Cc1ccccc1NC(=O)CCNC(=O)CCc1ccc(O)cc1. The van der Waals surface area contributed by atoms with Crippen LogP contribution < -0.4 is 10.6 Å². The Hall–Kier alpha value is -2.82. The van der Waals surface area contributed by atoms with E-state index in [1.807, 2.05) is 31.2 Å². The topological polar surface area (TPSA) is 78.4 Å².